The molecule has 3 aliphatic rings. The van der Waals surface area contributed by atoms with E-state index < -0.39 is 0 Å². The number of hydrogen-bond donors (Lipinski definition) is 2. The van der Waals surface area contributed by atoms with Gasteiger partial charge in [0.15, 0.2) is 0 Å². The molecular formula is C18H22N2O3S. The van der Waals surface area contributed by atoms with Gasteiger partial charge in [-0.15, -0.1) is 11.8 Å². The highest BCUT2D eigenvalue weighted by molar-refractivity contribution is 7.99. The van der Waals surface area contributed by atoms with Crippen molar-refractivity contribution in [2.45, 2.75) is 44.2 Å². The van der Waals surface area contributed by atoms with Crippen molar-refractivity contribution >= 4 is 23.6 Å². The Hall–Kier alpha value is -1.69. The van der Waals surface area contributed by atoms with Crippen molar-refractivity contribution in [3.05, 3.63) is 29.3 Å². The number of phenols is 1. The quantitative estimate of drug-likeness (QED) is 0.880. The molecule has 0 bridgehead atoms. The third kappa shape index (κ3) is 2.66. The second-order valence-corrected chi connectivity index (χ2v) is 7.90. The fourth-order valence-corrected chi connectivity index (χ4v) is 4.98. The highest BCUT2D eigenvalue weighted by Gasteiger charge is 2.40. The molecule has 2 amide bonds. The number of benzene rings is 1. The minimum Gasteiger partial charge on any atom is -0.508 e. The number of hydrogen-bond acceptors (Lipinski definition) is 4. The van der Waals surface area contributed by atoms with E-state index in [9.17, 15) is 14.7 Å². The number of nitrogens with one attached hydrogen (secondary N) is 1. The molecule has 1 saturated heterocycles. The SMILES string of the molecule is O=C(N[C@@H]1CCc2c(O)cccc21)[C@H]1CSCN1C(=O)C1CCC1. The molecule has 2 aliphatic carbocycles. The number of fused-ring (bicyclic) bond motifs is 1. The van der Waals surface area contributed by atoms with Crippen LogP contribution in [0.3, 0.4) is 0 Å². The summed E-state index contributed by atoms with van der Waals surface area (Å²) >= 11 is 1.65. The van der Waals surface area contributed by atoms with Crippen LogP contribution in [0.1, 0.15) is 42.9 Å². The summed E-state index contributed by atoms with van der Waals surface area (Å²) in [7, 11) is 0. The summed E-state index contributed by atoms with van der Waals surface area (Å²) in [5.74, 6) is 1.81. The minimum atomic E-state index is -0.357. The van der Waals surface area contributed by atoms with Crippen LogP contribution in [0, 0.1) is 5.92 Å². The van der Waals surface area contributed by atoms with Crippen molar-refractivity contribution in [2.24, 2.45) is 5.92 Å². The summed E-state index contributed by atoms with van der Waals surface area (Å²) in [4.78, 5) is 27.0. The van der Waals surface area contributed by atoms with Gasteiger partial charge >= 0.3 is 0 Å². The Labute approximate surface area is 145 Å². The maximum Gasteiger partial charge on any atom is 0.244 e. The predicted molar refractivity (Wildman–Crippen MR) is 92.6 cm³/mol. The molecule has 128 valence electrons. The largest absolute Gasteiger partial charge is 0.508 e. The molecule has 5 nitrogen and oxygen atoms in total. The third-order valence-corrected chi connectivity index (χ3v) is 6.50. The number of phenolic OH excluding ortho intramolecular Hbond substituents is 1. The van der Waals surface area contributed by atoms with Crippen molar-refractivity contribution in [1.82, 2.24) is 10.2 Å². The van der Waals surface area contributed by atoms with Crippen LogP contribution in [0.15, 0.2) is 18.2 Å². The van der Waals surface area contributed by atoms with Gasteiger partial charge in [-0.3, -0.25) is 9.59 Å². The molecule has 0 radical (unpaired) electrons. The number of carbonyl (C=O) groups excluding carboxylic acids is 2. The van der Waals surface area contributed by atoms with E-state index in [1.165, 1.54) is 0 Å². The van der Waals surface area contributed by atoms with E-state index >= 15 is 0 Å². The Morgan fingerprint density at radius 1 is 1.25 bits per heavy atom. The van der Waals surface area contributed by atoms with Gasteiger partial charge in [0.1, 0.15) is 11.8 Å². The second kappa shape index (κ2) is 6.31. The summed E-state index contributed by atoms with van der Waals surface area (Å²) in [6.45, 7) is 0. The molecule has 24 heavy (non-hydrogen) atoms. The fraction of sp³-hybridized carbons (Fsp3) is 0.556. The van der Waals surface area contributed by atoms with Crippen molar-refractivity contribution in [3.63, 3.8) is 0 Å². The van der Waals surface area contributed by atoms with E-state index in [0.717, 1.165) is 43.2 Å². The topological polar surface area (TPSA) is 69.6 Å². The van der Waals surface area contributed by atoms with Crippen molar-refractivity contribution in [3.8, 4) is 5.75 Å². The molecule has 6 heteroatoms. The van der Waals surface area contributed by atoms with E-state index in [1.54, 1.807) is 22.7 Å². The third-order valence-electron chi connectivity index (χ3n) is 5.48. The Kier molecular flexibility index (Phi) is 4.16. The second-order valence-electron chi connectivity index (χ2n) is 6.90. The molecule has 2 atom stereocenters. The van der Waals surface area contributed by atoms with E-state index in [4.69, 9.17) is 0 Å². The first-order chi connectivity index (χ1) is 11.6. The summed E-state index contributed by atoms with van der Waals surface area (Å²) < 4.78 is 0. The van der Waals surface area contributed by atoms with Crippen molar-refractivity contribution < 1.29 is 14.7 Å². The van der Waals surface area contributed by atoms with Gasteiger partial charge in [-0.1, -0.05) is 18.6 Å². The molecule has 0 unspecified atom stereocenters. The summed E-state index contributed by atoms with van der Waals surface area (Å²) in [6, 6.07) is 5.05. The molecule has 0 spiro atoms. The normalized spacial score (nSPS) is 26.1. The van der Waals surface area contributed by atoms with E-state index in [1.807, 2.05) is 12.1 Å². The van der Waals surface area contributed by atoms with E-state index in [0.29, 0.717) is 17.4 Å². The summed E-state index contributed by atoms with van der Waals surface area (Å²) in [5, 5.41) is 13.0. The molecule has 1 heterocycles. The number of rotatable bonds is 3. The lowest BCUT2D eigenvalue weighted by Gasteiger charge is -2.32. The lowest BCUT2D eigenvalue weighted by atomic mass is 9.84. The average Bonchev–Trinajstić information content (AvgIpc) is 3.13. The van der Waals surface area contributed by atoms with Gasteiger partial charge in [0.05, 0.1) is 11.9 Å². The fourth-order valence-electron chi connectivity index (χ4n) is 3.82. The van der Waals surface area contributed by atoms with Gasteiger partial charge in [0, 0.05) is 11.7 Å². The van der Waals surface area contributed by atoms with Crippen molar-refractivity contribution in [1.29, 1.82) is 0 Å². The molecule has 1 saturated carbocycles. The highest BCUT2D eigenvalue weighted by Crippen LogP contribution is 2.37. The zero-order valence-electron chi connectivity index (χ0n) is 13.5. The molecule has 2 N–H and O–H groups in total. The minimum absolute atomic E-state index is 0.0612. The molecule has 1 aromatic rings. The maximum atomic E-state index is 12.8. The van der Waals surface area contributed by atoms with Crippen LogP contribution in [0.4, 0.5) is 0 Å². The first-order valence-corrected chi connectivity index (χ1v) is 9.80. The van der Waals surface area contributed by atoms with Crippen LogP contribution >= 0.6 is 11.8 Å². The predicted octanol–water partition coefficient (Wildman–Crippen LogP) is 2.20. The van der Waals surface area contributed by atoms with Gasteiger partial charge in [0.2, 0.25) is 11.8 Å². The highest BCUT2D eigenvalue weighted by atomic mass is 32.2. The van der Waals surface area contributed by atoms with Gasteiger partial charge in [0.25, 0.3) is 0 Å². The monoisotopic (exact) mass is 346 g/mol. The molecule has 1 aromatic carbocycles. The van der Waals surface area contributed by atoms with Gasteiger partial charge < -0.3 is 15.3 Å². The van der Waals surface area contributed by atoms with Gasteiger partial charge in [-0.25, -0.2) is 0 Å². The summed E-state index contributed by atoms with van der Waals surface area (Å²) in [5.41, 5.74) is 1.94. The smallest absolute Gasteiger partial charge is 0.244 e. The van der Waals surface area contributed by atoms with E-state index in [2.05, 4.69) is 5.32 Å². The van der Waals surface area contributed by atoms with Crippen LogP contribution in [0.25, 0.3) is 0 Å². The zero-order chi connectivity index (χ0) is 16.7. The Balaban J connectivity index is 1.45. The molecule has 2 fully saturated rings. The molecule has 4 rings (SSSR count). The standard InChI is InChI=1S/C18H22N2O3S/c21-16-6-2-5-12-13(16)7-8-14(12)19-17(22)15-9-24-10-20(15)18(23)11-3-1-4-11/h2,5-6,11,14-15,21H,1,3-4,7-10H2,(H,19,22)/t14-,15-/m1/s1. The van der Waals surface area contributed by atoms with Crippen molar-refractivity contribution in [2.75, 3.05) is 11.6 Å². The lowest BCUT2D eigenvalue weighted by molar-refractivity contribution is -0.143. The van der Waals surface area contributed by atoms with Crippen LogP contribution < -0.4 is 5.32 Å². The molecular weight excluding hydrogens is 324 g/mol. The summed E-state index contributed by atoms with van der Waals surface area (Å²) in [6.07, 6.45) is 4.62. The molecule has 0 aromatic heterocycles. The number of carbonyl (C=O) groups is 2. The number of thioether (sulfide) groups is 1. The number of nitrogens with zero attached hydrogens (tertiary/aromatic N) is 1. The van der Waals surface area contributed by atoms with Crippen LogP contribution in [-0.4, -0.2) is 39.5 Å². The lowest BCUT2D eigenvalue weighted by Crippen LogP contribution is -2.50. The zero-order valence-corrected chi connectivity index (χ0v) is 14.3. The number of aromatic hydroxyl groups is 1. The van der Waals surface area contributed by atoms with Crippen LogP contribution in [-0.2, 0) is 16.0 Å². The number of amides is 2. The Morgan fingerprint density at radius 3 is 2.83 bits per heavy atom. The average molecular weight is 346 g/mol. The first kappa shape index (κ1) is 15.8. The first-order valence-electron chi connectivity index (χ1n) is 8.64. The van der Waals surface area contributed by atoms with Crippen LogP contribution in [0.2, 0.25) is 0 Å². The van der Waals surface area contributed by atoms with E-state index in [-0.39, 0.29) is 29.8 Å². The van der Waals surface area contributed by atoms with Gasteiger partial charge in [-0.2, -0.15) is 0 Å². The maximum absolute atomic E-state index is 12.8. The molecule has 1 aliphatic heterocycles. The van der Waals surface area contributed by atoms with Crippen LogP contribution in [0.5, 0.6) is 5.75 Å². The Bertz CT molecular complexity index is 674. The Morgan fingerprint density at radius 2 is 2.08 bits per heavy atom. The van der Waals surface area contributed by atoms with Gasteiger partial charge in [-0.05, 0) is 42.9 Å².